The van der Waals surface area contributed by atoms with E-state index >= 15 is 0 Å². The van der Waals surface area contributed by atoms with Crippen molar-refractivity contribution in [2.75, 3.05) is 6.61 Å². The fourth-order valence-corrected chi connectivity index (χ4v) is 3.95. The minimum atomic E-state index is 0.371. The van der Waals surface area contributed by atoms with Crippen molar-refractivity contribution in [3.63, 3.8) is 0 Å². The fourth-order valence-electron chi connectivity index (χ4n) is 3.95. The second-order valence-electron chi connectivity index (χ2n) is 6.68. The highest BCUT2D eigenvalue weighted by molar-refractivity contribution is 5.28. The van der Waals surface area contributed by atoms with Crippen molar-refractivity contribution in [3.05, 3.63) is 29.8 Å². The quantitative estimate of drug-likeness (QED) is 0.861. The lowest BCUT2D eigenvalue weighted by Gasteiger charge is -2.37. The van der Waals surface area contributed by atoms with Crippen LogP contribution in [0.3, 0.4) is 0 Å². The highest BCUT2D eigenvalue weighted by Crippen LogP contribution is 2.41. The van der Waals surface area contributed by atoms with Gasteiger partial charge in [0, 0.05) is 0 Å². The molecule has 2 aliphatic rings. The molecule has 20 heavy (non-hydrogen) atoms. The molecule has 2 atom stereocenters. The first-order chi connectivity index (χ1) is 9.72. The van der Waals surface area contributed by atoms with E-state index in [0.29, 0.717) is 17.8 Å². The maximum absolute atomic E-state index is 9.37. The third-order valence-electron chi connectivity index (χ3n) is 5.34. The maximum Gasteiger partial charge on any atom is 0.115 e. The van der Waals surface area contributed by atoms with E-state index in [4.69, 9.17) is 4.74 Å². The molecule has 1 saturated heterocycles. The SMILES string of the molecule is CC1CCC(C2CCC(c3ccc(O)cc3)CC2)CO1. The number of benzene rings is 1. The van der Waals surface area contributed by atoms with Crippen LogP contribution in [0.4, 0.5) is 0 Å². The minimum Gasteiger partial charge on any atom is -0.508 e. The van der Waals surface area contributed by atoms with Gasteiger partial charge in [-0.15, -0.1) is 0 Å². The van der Waals surface area contributed by atoms with Crippen molar-refractivity contribution in [2.24, 2.45) is 11.8 Å². The predicted octanol–water partition coefficient (Wildman–Crippen LogP) is 4.48. The Morgan fingerprint density at radius 2 is 1.55 bits per heavy atom. The Hall–Kier alpha value is -1.02. The molecular weight excluding hydrogens is 248 g/mol. The summed E-state index contributed by atoms with van der Waals surface area (Å²) >= 11 is 0. The number of phenolic OH excluding ortho intramolecular Hbond substituents is 1. The number of aromatic hydroxyl groups is 1. The van der Waals surface area contributed by atoms with Gasteiger partial charge in [-0.3, -0.25) is 0 Å². The van der Waals surface area contributed by atoms with Crippen molar-refractivity contribution in [1.29, 1.82) is 0 Å². The molecule has 1 aliphatic heterocycles. The lowest BCUT2D eigenvalue weighted by molar-refractivity contribution is -0.0282. The summed E-state index contributed by atoms with van der Waals surface area (Å²) in [5, 5.41) is 9.37. The summed E-state index contributed by atoms with van der Waals surface area (Å²) in [6.07, 6.45) is 8.34. The largest absolute Gasteiger partial charge is 0.508 e. The zero-order chi connectivity index (χ0) is 13.9. The number of hydrogen-bond acceptors (Lipinski definition) is 2. The summed E-state index contributed by atoms with van der Waals surface area (Å²) in [6, 6.07) is 7.81. The summed E-state index contributed by atoms with van der Waals surface area (Å²) in [5.74, 6) is 2.73. The van der Waals surface area contributed by atoms with E-state index in [1.165, 1.54) is 44.1 Å². The number of ether oxygens (including phenoxy) is 1. The number of phenols is 1. The van der Waals surface area contributed by atoms with Gasteiger partial charge in [0.15, 0.2) is 0 Å². The summed E-state index contributed by atoms with van der Waals surface area (Å²) in [6.45, 7) is 3.17. The van der Waals surface area contributed by atoms with E-state index in [0.717, 1.165) is 18.4 Å². The Kier molecular flexibility index (Phi) is 4.30. The first-order valence-corrected chi connectivity index (χ1v) is 8.13. The standard InChI is InChI=1S/C18H26O2/c1-13-2-3-17(12-20-13)16-6-4-14(5-7-16)15-8-10-18(19)11-9-15/h8-11,13-14,16-17,19H,2-7,12H2,1H3. The molecule has 0 bridgehead atoms. The molecule has 2 fully saturated rings. The fraction of sp³-hybridized carbons (Fsp3) is 0.667. The van der Waals surface area contributed by atoms with Crippen LogP contribution in [0.5, 0.6) is 5.75 Å². The molecule has 2 heteroatoms. The Morgan fingerprint density at radius 1 is 0.900 bits per heavy atom. The molecule has 2 unspecified atom stereocenters. The van der Waals surface area contributed by atoms with Crippen LogP contribution in [-0.2, 0) is 4.74 Å². The summed E-state index contributed by atoms with van der Waals surface area (Å²) in [4.78, 5) is 0. The molecule has 1 heterocycles. The second-order valence-corrected chi connectivity index (χ2v) is 6.68. The topological polar surface area (TPSA) is 29.5 Å². The highest BCUT2D eigenvalue weighted by Gasteiger charge is 2.30. The van der Waals surface area contributed by atoms with Crippen molar-refractivity contribution < 1.29 is 9.84 Å². The van der Waals surface area contributed by atoms with E-state index in [2.05, 4.69) is 19.1 Å². The zero-order valence-electron chi connectivity index (χ0n) is 12.4. The van der Waals surface area contributed by atoms with Crippen molar-refractivity contribution in [2.45, 2.75) is 57.5 Å². The summed E-state index contributed by atoms with van der Waals surface area (Å²) < 4.78 is 5.84. The van der Waals surface area contributed by atoms with Gasteiger partial charge < -0.3 is 9.84 Å². The molecule has 2 nitrogen and oxygen atoms in total. The van der Waals surface area contributed by atoms with E-state index in [1.807, 2.05) is 12.1 Å². The second kappa shape index (κ2) is 6.17. The molecule has 1 saturated carbocycles. The molecule has 0 amide bonds. The van der Waals surface area contributed by atoms with E-state index in [1.54, 1.807) is 0 Å². The molecule has 0 radical (unpaired) electrons. The number of hydrogen-bond donors (Lipinski definition) is 1. The van der Waals surface area contributed by atoms with Crippen LogP contribution in [0.15, 0.2) is 24.3 Å². The smallest absolute Gasteiger partial charge is 0.115 e. The summed E-state index contributed by atoms with van der Waals surface area (Å²) in [7, 11) is 0. The third kappa shape index (κ3) is 3.17. The predicted molar refractivity (Wildman–Crippen MR) is 80.9 cm³/mol. The molecular formula is C18H26O2. The van der Waals surface area contributed by atoms with Crippen LogP contribution in [-0.4, -0.2) is 17.8 Å². The van der Waals surface area contributed by atoms with Crippen LogP contribution in [0.25, 0.3) is 0 Å². The monoisotopic (exact) mass is 274 g/mol. The van der Waals surface area contributed by atoms with Gasteiger partial charge in [0.05, 0.1) is 12.7 Å². The lowest BCUT2D eigenvalue weighted by atomic mass is 9.72. The molecule has 1 aliphatic carbocycles. The van der Waals surface area contributed by atoms with Crippen LogP contribution in [0.2, 0.25) is 0 Å². The Labute approximate surface area is 122 Å². The molecule has 1 aromatic carbocycles. The normalized spacial score (nSPS) is 34.9. The van der Waals surface area contributed by atoms with Crippen LogP contribution < -0.4 is 0 Å². The van der Waals surface area contributed by atoms with Gasteiger partial charge >= 0.3 is 0 Å². The third-order valence-corrected chi connectivity index (χ3v) is 5.34. The molecule has 3 rings (SSSR count). The number of rotatable bonds is 2. The van der Waals surface area contributed by atoms with Gasteiger partial charge in [0.25, 0.3) is 0 Å². The van der Waals surface area contributed by atoms with Crippen LogP contribution >= 0.6 is 0 Å². The maximum atomic E-state index is 9.37. The lowest BCUT2D eigenvalue weighted by Crippen LogP contribution is -2.31. The average Bonchev–Trinajstić information content (AvgIpc) is 2.49. The highest BCUT2D eigenvalue weighted by atomic mass is 16.5. The first kappa shape index (κ1) is 13.9. The first-order valence-electron chi connectivity index (χ1n) is 8.13. The summed E-state index contributed by atoms with van der Waals surface area (Å²) in [5.41, 5.74) is 1.40. The minimum absolute atomic E-state index is 0.371. The Bertz CT molecular complexity index is 410. The van der Waals surface area contributed by atoms with Gasteiger partial charge in [0.2, 0.25) is 0 Å². The molecule has 110 valence electrons. The van der Waals surface area contributed by atoms with Gasteiger partial charge in [-0.1, -0.05) is 12.1 Å². The average molecular weight is 274 g/mol. The van der Waals surface area contributed by atoms with Crippen molar-refractivity contribution in [1.82, 2.24) is 0 Å². The molecule has 0 aromatic heterocycles. The van der Waals surface area contributed by atoms with Gasteiger partial charge in [-0.25, -0.2) is 0 Å². The molecule has 0 spiro atoms. The van der Waals surface area contributed by atoms with Crippen molar-refractivity contribution in [3.8, 4) is 5.75 Å². The van der Waals surface area contributed by atoms with E-state index < -0.39 is 0 Å². The zero-order valence-corrected chi connectivity index (χ0v) is 12.4. The van der Waals surface area contributed by atoms with Crippen LogP contribution in [0, 0.1) is 11.8 Å². The van der Waals surface area contributed by atoms with E-state index in [9.17, 15) is 5.11 Å². The van der Waals surface area contributed by atoms with Crippen molar-refractivity contribution >= 4 is 0 Å². The molecule has 1 aromatic rings. The molecule has 1 N–H and O–H groups in total. The Balaban J connectivity index is 1.53. The van der Waals surface area contributed by atoms with Gasteiger partial charge in [-0.2, -0.15) is 0 Å². The van der Waals surface area contributed by atoms with Gasteiger partial charge in [-0.05, 0) is 80.9 Å². The van der Waals surface area contributed by atoms with E-state index in [-0.39, 0.29) is 0 Å². The van der Waals surface area contributed by atoms with Crippen LogP contribution in [0.1, 0.15) is 56.9 Å². The Morgan fingerprint density at radius 3 is 2.15 bits per heavy atom. The van der Waals surface area contributed by atoms with Gasteiger partial charge in [0.1, 0.15) is 5.75 Å².